The molecular formula is C11H14O3. The highest BCUT2D eigenvalue weighted by Crippen LogP contribution is 2.26. The Kier molecular flexibility index (Phi) is 3.51. The van der Waals surface area contributed by atoms with Crippen molar-refractivity contribution in [2.75, 3.05) is 7.11 Å². The molecule has 0 aliphatic rings. The fourth-order valence-corrected chi connectivity index (χ4v) is 1.23. The first-order valence-electron chi connectivity index (χ1n) is 4.59. The lowest BCUT2D eigenvalue weighted by Crippen LogP contribution is -1.98. The molecule has 0 aliphatic carbocycles. The first-order chi connectivity index (χ1) is 6.69. The average Bonchev–Trinajstić information content (AvgIpc) is 2.18. The van der Waals surface area contributed by atoms with Gasteiger partial charge in [0.1, 0.15) is 0 Å². The van der Waals surface area contributed by atoms with E-state index < -0.39 is 0 Å². The van der Waals surface area contributed by atoms with Crippen LogP contribution in [-0.2, 0) is 0 Å². The molecule has 1 rings (SSSR count). The quantitative estimate of drug-likeness (QED) is 0.748. The molecule has 0 saturated heterocycles. The van der Waals surface area contributed by atoms with Crippen LogP contribution >= 0.6 is 0 Å². The predicted molar refractivity (Wildman–Crippen MR) is 53.9 cm³/mol. The van der Waals surface area contributed by atoms with Crippen molar-refractivity contribution >= 4 is 5.78 Å². The molecule has 3 nitrogen and oxygen atoms in total. The number of carbonyl (C=O) groups excluding carboxylic acids is 1. The fraction of sp³-hybridized carbons (Fsp3) is 0.364. The maximum absolute atomic E-state index is 11.4. The summed E-state index contributed by atoms with van der Waals surface area (Å²) in [6.45, 7) is 1.95. The molecule has 0 saturated carbocycles. The van der Waals surface area contributed by atoms with Gasteiger partial charge in [-0.05, 0) is 24.6 Å². The van der Waals surface area contributed by atoms with E-state index in [1.165, 1.54) is 13.2 Å². The highest BCUT2D eigenvalue weighted by Gasteiger charge is 2.08. The minimum Gasteiger partial charge on any atom is -0.504 e. The second-order valence-electron chi connectivity index (χ2n) is 3.06. The van der Waals surface area contributed by atoms with Gasteiger partial charge in [0.05, 0.1) is 7.11 Å². The predicted octanol–water partition coefficient (Wildman–Crippen LogP) is 2.38. The second kappa shape index (κ2) is 4.65. The van der Waals surface area contributed by atoms with Crippen LogP contribution in [0.4, 0.5) is 0 Å². The molecule has 0 aliphatic heterocycles. The molecule has 0 heterocycles. The van der Waals surface area contributed by atoms with Gasteiger partial charge in [-0.1, -0.05) is 6.92 Å². The van der Waals surface area contributed by atoms with E-state index in [0.717, 1.165) is 6.42 Å². The molecule has 3 heteroatoms. The maximum Gasteiger partial charge on any atom is 0.163 e. The molecule has 0 fully saturated rings. The summed E-state index contributed by atoms with van der Waals surface area (Å²) < 4.78 is 4.88. The molecule has 0 atom stereocenters. The van der Waals surface area contributed by atoms with Gasteiger partial charge in [-0.15, -0.1) is 0 Å². The van der Waals surface area contributed by atoms with E-state index in [1.54, 1.807) is 12.1 Å². The van der Waals surface area contributed by atoms with Crippen molar-refractivity contribution in [2.45, 2.75) is 19.8 Å². The van der Waals surface area contributed by atoms with E-state index in [-0.39, 0.29) is 11.5 Å². The third-order valence-electron chi connectivity index (χ3n) is 1.98. The van der Waals surface area contributed by atoms with Crippen molar-refractivity contribution in [3.05, 3.63) is 23.8 Å². The molecule has 76 valence electrons. The lowest BCUT2D eigenvalue weighted by atomic mass is 10.1. The largest absolute Gasteiger partial charge is 0.504 e. The third kappa shape index (κ3) is 2.25. The van der Waals surface area contributed by atoms with Crippen molar-refractivity contribution in [2.24, 2.45) is 0 Å². The summed E-state index contributed by atoms with van der Waals surface area (Å²) >= 11 is 0. The Hall–Kier alpha value is -1.51. The SMILES string of the molecule is CCCC(=O)c1ccc(OC)c(O)c1. The van der Waals surface area contributed by atoms with Gasteiger partial charge in [0, 0.05) is 12.0 Å². The molecule has 0 bridgehead atoms. The minimum absolute atomic E-state index is 0.00875. The summed E-state index contributed by atoms with van der Waals surface area (Å²) in [7, 11) is 1.47. The van der Waals surface area contributed by atoms with E-state index in [4.69, 9.17) is 4.74 Å². The summed E-state index contributed by atoms with van der Waals surface area (Å²) in [5, 5.41) is 9.43. The van der Waals surface area contributed by atoms with Gasteiger partial charge in [-0.25, -0.2) is 0 Å². The first kappa shape index (κ1) is 10.6. The number of hydrogen-bond donors (Lipinski definition) is 1. The van der Waals surface area contributed by atoms with Gasteiger partial charge in [0.2, 0.25) is 0 Å². The van der Waals surface area contributed by atoms with Crippen LogP contribution in [-0.4, -0.2) is 18.0 Å². The number of hydrogen-bond acceptors (Lipinski definition) is 3. The van der Waals surface area contributed by atoms with Gasteiger partial charge in [0.15, 0.2) is 17.3 Å². The van der Waals surface area contributed by atoms with E-state index in [0.29, 0.717) is 17.7 Å². The van der Waals surface area contributed by atoms with Gasteiger partial charge in [-0.3, -0.25) is 4.79 Å². The lowest BCUT2D eigenvalue weighted by Gasteiger charge is -2.04. The zero-order valence-electron chi connectivity index (χ0n) is 8.41. The Morgan fingerprint density at radius 3 is 2.71 bits per heavy atom. The standard InChI is InChI=1S/C11H14O3/c1-3-4-9(12)8-5-6-11(14-2)10(13)7-8/h5-7,13H,3-4H2,1-2H3. The smallest absolute Gasteiger partial charge is 0.163 e. The summed E-state index contributed by atoms with van der Waals surface area (Å²) in [6.07, 6.45) is 1.32. The molecule has 1 N–H and O–H groups in total. The lowest BCUT2D eigenvalue weighted by molar-refractivity contribution is 0.0981. The van der Waals surface area contributed by atoms with Crippen molar-refractivity contribution in [3.8, 4) is 11.5 Å². The second-order valence-corrected chi connectivity index (χ2v) is 3.06. The molecule has 14 heavy (non-hydrogen) atoms. The Morgan fingerprint density at radius 1 is 1.50 bits per heavy atom. The summed E-state index contributed by atoms with van der Waals surface area (Å²) in [4.78, 5) is 11.4. The maximum atomic E-state index is 11.4. The number of ketones is 1. The van der Waals surface area contributed by atoms with Gasteiger partial charge < -0.3 is 9.84 Å². The Morgan fingerprint density at radius 2 is 2.21 bits per heavy atom. The first-order valence-corrected chi connectivity index (χ1v) is 4.59. The summed E-state index contributed by atoms with van der Waals surface area (Å²) in [6, 6.07) is 4.70. The van der Waals surface area contributed by atoms with Gasteiger partial charge in [-0.2, -0.15) is 0 Å². The Labute approximate surface area is 83.3 Å². The topological polar surface area (TPSA) is 46.5 Å². The van der Waals surface area contributed by atoms with Crippen LogP contribution < -0.4 is 4.74 Å². The summed E-state index contributed by atoms with van der Waals surface area (Å²) in [5.74, 6) is 0.443. The molecule has 0 amide bonds. The van der Waals surface area contributed by atoms with Crippen LogP contribution in [0.15, 0.2) is 18.2 Å². The number of methoxy groups -OCH3 is 1. The van der Waals surface area contributed by atoms with Crippen LogP contribution in [0.3, 0.4) is 0 Å². The highest BCUT2D eigenvalue weighted by atomic mass is 16.5. The van der Waals surface area contributed by atoms with Gasteiger partial charge >= 0.3 is 0 Å². The molecule has 1 aromatic rings. The van der Waals surface area contributed by atoms with E-state index in [1.807, 2.05) is 6.92 Å². The van der Waals surface area contributed by atoms with Crippen LogP contribution in [0.1, 0.15) is 30.1 Å². The van der Waals surface area contributed by atoms with Crippen molar-refractivity contribution in [1.82, 2.24) is 0 Å². The van der Waals surface area contributed by atoms with Crippen LogP contribution in [0.25, 0.3) is 0 Å². The molecule has 1 aromatic carbocycles. The number of carbonyl (C=O) groups is 1. The van der Waals surface area contributed by atoms with Crippen LogP contribution in [0, 0.1) is 0 Å². The number of benzene rings is 1. The monoisotopic (exact) mass is 194 g/mol. The number of phenols is 1. The van der Waals surface area contributed by atoms with Crippen molar-refractivity contribution in [3.63, 3.8) is 0 Å². The molecule has 0 spiro atoms. The van der Waals surface area contributed by atoms with E-state index in [2.05, 4.69) is 0 Å². The average molecular weight is 194 g/mol. The van der Waals surface area contributed by atoms with E-state index >= 15 is 0 Å². The molecule has 0 aromatic heterocycles. The van der Waals surface area contributed by atoms with Crippen molar-refractivity contribution in [1.29, 1.82) is 0 Å². The van der Waals surface area contributed by atoms with Crippen LogP contribution in [0.5, 0.6) is 11.5 Å². The summed E-state index contributed by atoms with van der Waals surface area (Å²) in [5.41, 5.74) is 0.533. The normalized spacial score (nSPS) is 9.86. The Balaban J connectivity index is 2.91. The number of aromatic hydroxyl groups is 1. The minimum atomic E-state index is 0.00875. The fourth-order valence-electron chi connectivity index (χ4n) is 1.23. The Bertz CT molecular complexity index is 331. The highest BCUT2D eigenvalue weighted by molar-refractivity contribution is 5.96. The zero-order chi connectivity index (χ0) is 10.6. The third-order valence-corrected chi connectivity index (χ3v) is 1.98. The number of phenolic OH excluding ortho intramolecular Hbond substituents is 1. The zero-order valence-corrected chi connectivity index (χ0v) is 8.41. The molecule has 0 radical (unpaired) electrons. The van der Waals surface area contributed by atoms with Crippen molar-refractivity contribution < 1.29 is 14.6 Å². The number of ether oxygens (including phenoxy) is 1. The van der Waals surface area contributed by atoms with Crippen LogP contribution in [0.2, 0.25) is 0 Å². The molecular weight excluding hydrogens is 180 g/mol. The van der Waals surface area contributed by atoms with E-state index in [9.17, 15) is 9.90 Å². The number of Topliss-reactive ketones (excluding diaryl/α,β-unsaturated/α-hetero) is 1. The molecule has 0 unspecified atom stereocenters. The van der Waals surface area contributed by atoms with Gasteiger partial charge in [0.25, 0.3) is 0 Å². The number of rotatable bonds is 4.